The van der Waals surface area contributed by atoms with E-state index in [2.05, 4.69) is 15.2 Å². The minimum atomic E-state index is -0.406. The van der Waals surface area contributed by atoms with Crippen LogP contribution in [-0.2, 0) is 0 Å². The average molecular weight is 319 g/mol. The molecule has 1 saturated heterocycles. The van der Waals surface area contributed by atoms with Gasteiger partial charge in [0.15, 0.2) is 0 Å². The van der Waals surface area contributed by atoms with Crippen LogP contribution >= 0.6 is 11.3 Å². The van der Waals surface area contributed by atoms with Crippen molar-refractivity contribution in [1.29, 1.82) is 0 Å². The van der Waals surface area contributed by atoms with Crippen molar-refractivity contribution in [2.45, 2.75) is 26.7 Å². The van der Waals surface area contributed by atoms with Crippen molar-refractivity contribution in [2.24, 2.45) is 0 Å². The molecule has 116 valence electrons. The number of nitrogens with zero attached hydrogens (tertiary/aromatic N) is 2. The first-order valence-corrected chi connectivity index (χ1v) is 8.17. The number of thiazole rings is 1. The van der Waals surface area contributed by atoms with Gasteiger partial charge in [0.25, 0.3) is 5.91 Å². The minimum Gasteiger partial charge on any atom is -0.370 e. The lowest BCUT2D eigenvalue weighted by atomic mass is 10.2. The SMILES string of the molecule is Cc1nc(C)c(C(=O)Nc2c(F)cccc2N2CCCC2)s1. The molecule has 2 heterocycles. The molecular weight excluding hydrogens is 301 g/mol. The molecule has 4 nitrogen and oxygen atoms in total. The monoisotopic (exact) mass is 319 g/mol. The summed E-state index contributed by atoms with van der Waals surface area (Å²) in [7, 11) is 0. The third kappa shape index (κ3) is 2.83. The van der Waals surface area contributed by atoms with Crippen molar-refractivity contribution in [3.63, 3.8) is 0 Å². The first-order valence-electron chi connectivity index (χ1n) is 7.35. The van der Waals surface area contributed by atoms with Gasteiger partial charge in [0.2, 0.25) is 0 Å². The molecule has 2 aromatic rings. The Labute approximate surface area is 133 Å². The highest BCUT2D eigenvalue weighted by Gasteiger charge is 2.21. The number of nitrogens with one attached hydrogen (secondary N) is 1. The van der Waals surface area contributed by atoms with E-state index < -0.39 is 5.82 Å². The summed E-state index contributed by atoms with van der Waals surface area (Å²) in [5.41, 5.74) is 1.70. The summed E-state index contributed by atoms with van der Waals surface area (Å²) in [4.78, 5) is 19.3. The van der Waals surface area contributed by atoms with Gasteiger partial charge in [-0.1, -0.05) is 6.07 Å². The zero-order valence-electron chi connectivity index (χ0n) is 12.6. The Hall–Kier alpha value is -1.95. The first kappa shape index (κ1) is 15.0. The zero-order chi connectivity index (χ0) is 15.7. The Morgan fingerprint density at radius 2 is 2.05 bits per heavy atom. The van der Waals surface area contributed by atoms with Crippen LogP contribution in [0.5, 0.6) is 0 Å². The molecule has 22 heavy (non-hydrogen) atoms. The molecule has 0 unspecified atom stereocenters. The number of aromatic nitrogens is 1. The van der Waals surface area contributed by atoms with E-state index in [4.69, 9.17) is 0 Å². The molecule has 3 rings (SSSR count). The van der Waals surface area contributed by atoms with Crippen LogP contribution in [0.4, 0.5) is 15.8 Å². The maximum absolute atomic E-state index is 14.2. The van der Waals surface area contributed by atoms with E-state index in [1.54, 1.807) is 13.0 Å². The second-order valence-electron chi connectivity index (χ2n) is 5.43. The summed E-state index contributed by atoms with van der Waals surface area (Å²) in [5, 5.41) is 3.57. The summed E-state index contributed by atoms with van der Waals surface area (Å²) in [6.45, 7) is 5.43. The number of benzene rings is 1. The third-order valence-corrected chi connectivity index (χ3v) is 4.86. The summed E-state index contributed by atoms with van der Waals surface area (Å²) < 4.78 is 14.2. The molecule has 0 atom stereocenters. The van der Waals surface area contributed by atoms with Gasteiger partial charge in [-0.2, -0.15) is 0 Å². The summed E-state index contributed by atoms with van der Waals surface area (Å²) in [5.74, 6) is -0.703. The lowest BCUT2D eigenvalue weighted by molar-refractivity contribution is 0.102. The number of para-hydroxylation sites is 1. The largest absolute Gasteiger partial charge is 0.370 e. The number of aryl methyl sites for hydroxylation is 2. The number of rotatable bonds is 3. The number of carbonyl (C=O) groups is 1. The van der Waals surface area contributed by atoms with Crippen LogP contribution in [0, 0.1) is 19.7 Å². The minimum absolute atomic E-state index is 0.264. The average Bonchev–Trinajstić information content (AvgIpc) is 3.10. The highest BCUT2D eigenvalue weighted by Crippen LogP contribution is 2.32. The van der Waals surface area contributed by atoms with E-state index in [0.29, 0.717) is 10.6 Å². The highest BCUT2D eigenvalue weighted by molar-refractivity contribution is 7.13. The quantitative estimate of drug-likeness (QED) is 0.937. The lowest BCUT2D eigenvalue weighted by Crippen LogP contribution is -2.22. The van der Waals surface area contributed by atoms with Crippen molar-refractivity contribution in [3.05, 3.63) is 39.6 Å². The molecule has 6 heteroatoms. The normalized spacial score (nSPS) is 14.4. The van der Waals surface area contributed by atoms with Gasteiger partial charge in [0, 0.05) is 13.1 Å². The van der Waals surface area contributed by atoms with Crippen LogP contribution in [0.3, 0.4) is 0 Å². The standard InChI is InChI=1S/C16H18FN3OS/c1-10-15(22-11(2)18-10)16(21)19-14-12(17)6-5-7-13(14)20-8-3-4-9-20/h5-7H,3-4,8-9H2,1-2H3,(H,19,21). The van der Waals surface area contributed by atoms with Gasteiger partial charge >= 0.3 is 0 Å². The van der Waals surface area contributed by atoms with Gasteiger partial charge in [-0.15, -0.1) is 11.3 Å². The first-order chi connectivity index (χ1) is 10.6. The van der Waals surface area contributed by atoms with Gasteiger partial charge in [-0.25, -0.2) is 9.37 Å². The number of hydrogen-bond acceptors (Lipinski definition) is 4. The zero-order valence-corrected chi connectivity index (χ0v) is 13.5. The number of anilines is 2. The molecule has 0 radical (unpaired) electrons. The Morgan fingerprint density at radius 1 is 1.32 bits per heavy atom. The van der Waals surface area contributed by atoms with E-state index in [0.717, 1.165) is 36.6 Å². The van der Waals surface area contributed by atoms with Crippen molar-refractivity contribution >= 4 is 28.6 Å². The molecule has 1 amide bonds. The molecule has 0 aliphatic carbocycles. The maximum Gasteiger partial charge on any atom is 0.267 e. The molecular formula is C16H18FN3OS. The number of halogens is 1. The fraction of sp³-hybridized carbons (Fsp3) is 0.375. The van der Waals surface area contributed by atoms with Gasteiger partial charge in [0.1, 0.15) is 16.4 Å². The smallest absolute Gasteiger partial charge is 0.267 e. The fourth-order valence-corrected chi connectivity index (χ4v) is 3.59. The molecule has 1 fully saturated rings. The number of carbonyl (C=O) groups excluding carboxylic acids is 1. The van der Waals surface area contributed by atoms with Crippen molar-refractivity contribution < 1.29 is 9.18 Å². The molecule has 1 N–H and O–H groups in total. The van der Waals surface area contributed by atoms with Gasteiger partial charge in [-0.3, -0.25) is 4.79 Å². The van der Waals surface area contributed by atoms with Crippen LogP contribution < -0.4 is 10.2 Å². The second-order valence-corrected chi connectivity index (χ2v) is 6.63. The van der Waals surface area contributed by atoms with Crippen LogP contribution in [0.2, 0.25) is 0 Å². The molecule has 0 bridgehead atoms. The Bertz CT molecular complexity index is 707. The van der Waals surface area contributed by atoms with Crippen LogP contribution in [0.25, 0.3) is 0 Å². The second kappa shape index (κ2) is 6.04. The molecule has 1 aliphatic rings. The van der Waals surface area contributed by atoms with Crippen molar-refractivity contribution in [3.8, 4) is 0 Å². The summed E-state index contributed by atoms with van der Waals surface area (Å²) in [6.07, 6.45) is 2.19. The molecule has 1 aliphatic heterocycles. The molecule has 1 aromatic heterocycles. The molecule has 0 saturated carbocycles. The van der Waals surface area contributed by atoms with E-state index in [1.165, 1.54) is 17.4 Å². The van der Waals surface area contributed by atoms with Gasteiger partial charge in [0.05, 0.1) is 16.4 Å². The van der Waals surface area contributed by atoms with E-state index >= 15 is 0 Å². The number of hydrogen-bond donors (Lipinski definition) is 1. The van der Waals surface area contributed by atoms with E-state index in [-0.39, 0.29) is 11.6 Å². The van der Waals surface area contributed by atoms with Crippen LogP contribution in [0.15, 0.2) is 18.2 Å². The Morgan fingerprint density at radius 3 is 2.68 bits per heavy atom. The topological polar surface area (TPSA) is 45.2 Å². The third-order valence-electron chi connectivity index (χ3n) is 3.79. The summed E-state index contributed by atoms with van der Waals surface area (Å²) in [6, 6.07) is 4.91. The molecule has 0 spiro atoms. The van der Waals surface area contributed by atoms with Crippen LogP contribution in [0.1, 0.15) is 33.2 Å². The lowest BCUT2D eigenvalue weighted by Gasteiger charge is -2.21. The highest BCUT2D eigenvalue weighted by atomic mass is 32.1. The van der Waals surface area contributed by atoms with Gasteiger partial charge in [-0.05, 0) is 38.8 Å². The van der Waals surface area contributed by atoms with E-state index in [1.807, 2.05) is 13.0 Å². The van der Waals surface area contributed by atoms with Crippen LogP contribution in [-0.4, -0.2) is 24.0 Å². The maximum atomic E-state index is 14.2. The van der Waals surface area contributed by atoms with E-state index in [9.17, 15) is 9.18 Å². The van der Waals surface area contributed by atoms with Crippen molar-refractivity contribution in [1.82, 2.24) is 4.98 Å². The molecule has 1 aromatic carbocycles. The number of amides is 1. The Balaban J connectivity index is 1.91. The predicted molar refractivity (Wildman–Crippen MR) is 87.4 cm³/mol. The Kier molecular flexibility index (Phi) is 4.11. The fourth-order valence-electron chi connectivity index (χ4n) is 2.77. The summed E-state index contributed by atoms with van der Waals surface area (Å²) >= 11 is 1.33. The van der Waals surface area contributed by atoms with Gasteiger partial charge < -0.3 is 10.2 Å². The predicted octanol–water partition coefficient (Wildman–Crippen LogP) is 3.75. The van der Waals surface area contributed by atoms with Crippen molar-refractivity contribution in [2.75, 3.05) is 23.3 Å².